The Labute approximate surface area is 107 Å². The predicted molar refractivity (Wildman–Crippen MR) is 70.8 cm³/mol. The van der Waals surface area contributed by atoms with Gasteiger partial charge in [0.25, 0.3) is 0 Å². The molecule has 1 rings (SSSR count). The third-order valence-electron chi connectivity index (χ3n) is 2.67. The first-order valence-electron chi connectivity index (χ1n) is 5.90. The maximum atomic E-state index is 10.4. The van der Waals surface area contributed by atoms with Crippen LogP contribution in [0.5, 0.6) is 5.75 Å². The SMILES string of the molecule is COc1ccc(CC(C)NCCC(=O)O)cc1N. The minimum Gasteiger partial charge on any atom is -0.495 e. The second kappa shape index (κ2) is 6.86. The molecule has 100 valence electrons. The lowest BCUT2D eigenvalue weighted by Crippen LogP contribution is -2.30. The quantitative estimate of drug-likeness (QED) is 0.636. The zero-order valence-electron chi connectivity index (χ0n) is 10.8. The Hall–Kier alpha value is -1.75. The summed E-state index contributed by atoms with van der Waals surface area (Å²) in [5, 5.41) is 11.7. The number of benzene rings is 1. The average Bonchev–Trinajstić information content (AvgIpc) is 2.28. The fourth-order valence-electron chi connectivity index (χ4n) is 1.76. The lowest BCUT2D eigenvalue weighted by atomic mass is 10.1. The van der Waals surface area contributed by atoms with Gasteiger partial charge in [-0.2, -0.15) is 0 Å². The Bertz CT molecular complexity index is 407. The second-order valence-electron chi connectivity index (χ2n) is 4.28. The van der Waals surface area contributed by atoms with E-state index in [0.29, 0.717) is 18.0 Å². The average molecular weight is 252 g/mol. The van der Waals surface area contributed by atoms with Gasteiger partial charge >= 0.3 is 5.97 Å². The Morgan fingerprint density at radius 2 is 2.28 bits per heavy atom. The molecule has 1 aromatic carbocycles. The maximum absolute atomic E-state index is 10.4. The van der Waals surface area contributed by atoms with Crippen LogP contribution >= 0.6 is 0 Å². The zero-order valence-corrected chi connectivity index (χ0v) is 10.8. The molecule has 18 heavy (non-hydrogen) atoms. The van der Waals surface area contributed by atoms with Gasteiger partial charge in [-0.15, -0.1) is 0 Å². The Kier molecular flexibility index (Phi) is 5.45. The number of carboxylic acids is 1. The number of anilines is 1. The summed E-state index contributed by atoms with van der Waals surface area (Å²) in [6, 6.07) is 5.89. The van der Waals surface area contributed by atoms with Gasteiger partial charge in [0.2, 0.25) is 0 Å². The van der Waals surface area contributed by atoms with Crippen LogP contribution in [0.25, 0.3) is 0 Å². The molecule has 0 fully saturated rings. The molecule has 1 atom stereocenters. The number of rotatable bonds is 7. The molecule has 5 nitrogen and oxygen atoms in total. The number of nitrogens with one attached hydrogen (secondary N) is 1. The minimum absolute atomic E-state index is 0.134. The van der Waals surface area contributed by atoms with Gasteiger partial charge in [-0.05, 0) is 31.0 Å². The van der Waals surface area contributed by atoms with E-state index in [0.717, 1.165) is 12.0 Å². The van der Waals surface area contributed by atoms with E-state index in [4.69, 9.17) is 15.6 Å². The van der Waals surface area contributed by atoms with Gasteiger partial charge in [0.05, 0.1) is 19.2 Å². The number of aliphatic carboxylic acids is 1. The molecule has 1 aromatic rings. The van der Waals surface area contributed by atoms with Crippen molar-refractivity contribution in [2.45, 2.75) is 25.8 Å². The number of ether oxygens (including phenoxy) is 1. The van der Waals surface area contributed by atoms with Gasteiger partial charge < -0.3 is 20.9 Å². The number of hydrogen-bond acceptors (Lipinski definition) is 4. The third kappa shape index (κ3) is 4.63. The van der Waals surface area contributed by atoms with E-state index in [1.165, 1.54) is 0 Å². The van der Waals surface area contributed by atoms with Crippen molar-refractivity contribution in [1.82, 2.24) is 5.32 Å². The second-order valence-corrected chi connectivity index (χ2v) is 4.28. The molecule has 0 amide bonds. The van der Waals surface area contributed by atoms with E-state index < -0.39 is 5.97 Å². The van der Waals surface area contributed by atoms with Crippen molar-refractivity contribution in [1.29, 1.82) is 0 Å². The van der Waals surface area contributed by atoms with E-state index in [2.05, 4.69) is 5.32 Å². The predicted octanol–water partition coefficient (Wildman–Crippen LogP) is 1.27. The van der Waals surface area contributed by atoms with Crippen LogP contribution in [-0.4, -0.2) is 30.8 Å². The molecule has 4 N–H and O–H groups in total. The van der Waals surface area contributed by atoms with Crippen LogP contribution in [0.4, 0.5) is 5.69 Å². The summed E-state index contributed by atoms with van der Waals surface area (Å²) in [5.74, 6) is -0.117. The molecule has 0 heterocycles. The molecule has 0 aliphatic rings. The summed E-state index contributed by atoms with van der Waals surface area (Å²) >= 11 is 0. The van der Waals surface area contributed by atoms with Crippen LogP contribution < -0.4 is 15.8 Å². The maximum Gasteiger partial charge on any atom is 0.304 e. The van der Waals surface area contributed by atoms with Gasteiger partial charge in [0.1, 0.15) is 5.75 Å². The van der Waals surface area contributed by atoms with Crippen molar-refractivity contribution < 1.29 is 14.6 Å². The highest BCUT2D eigenvalue weighted by Crippen LogP contribution is 2.22. The van der Waals surface area contributed by atoms with Crippen molar-refractivity contribution >= 4 is 11.7 Å². The molecule has 0 bridgehead atoms. The number of nitrogens with two attached hydrogens (primary N) is 1. The Balaban J connectivity index is 2.46. The van der Waals surface area contributed by atoms with Crippen LogP contribution in [0, 0.1) is 0 Å². The van der Waals surface area contributed by atoms with Gasteiger partial charge in [-0.25, -0.2) is 0 Å². The van der Waals surface area contributed by atoms with E-state index in [1.807, 2.05) is 25.1 Å². The van der Waals surface area contributed by atoms with E-state index in [1.54, 1.807) is 7.11 Å². The van der Waals surface area contributed by atoms with E-state index in [9.17, 15) is 4.79 Å². The molecular formula is C13H20N2O3. The van der Waals surface area contributed by atoms with Gasteiger partial charge in [0, 0.05) is 12.6 Å². The molecule has 0 radical (unpaired) electrons. The van der Waals surface area contributed by atoms with Crippen LogP contribution in [0.3, 0.4) is 0 Å². The Morgan fingerprint density at radius 1 is 1.56 bits per heavy atom. The first-order valence-corrected chi connectivity index (χ1v) is 5.90. The van der Waals surface area contributed by atoms with Gasteiger partial charge in [0.15, 0.2) is 0 Å². The fourth-order valence-corrected chi connectivity index (χ4v) is 1.76. The summed E-state index contributed by atoms with van der Waals surface area (Å²) < 4.78 is 5.09. The Morgan fingerprint density at radius 3 is 2.83 bits per heavy atom. The molecule has 0 aromatic heterocycles. The topological polar surface area (TPSA) is 84.6 Å². The third-order valence-corrected chi connectivity index (χ3v) is 2.67. The number of carbonyl (C=O) groups is 1. The smallest absolute Gasteiger partial charge is 0.304 e. The molecular weight excluding hydrogens is 232 g/mol. The molecule has 0 saturated heterocycles. The van der Waals surface area contributed by atoms with Crippen molar-refractivity contribution in [2.75, 3.05) is 19.4 Å². The first-order chi connectivity index (χ1) is 8.52. The lowest BCUT2D eigenvalue weighted by molar-refractivity contribution is -0.136. The number of nitrogen functional groups attached to an aromatic ring is 1. The molecule has 0 aliphatic carbocycles. The van der Waals surface area contributed by atoms with Crippen LogP contribution in [0.15, 0.2) is 18.2 Å². The summed E-state index contributed by atoms with van der Waals surface area (Å²) in [4.78, 5) is 10.4. The van der Waals surface area contributed by atoms with Gasteiger partial charge in [-0.3, -0.25) is 4.79 Å². The lowest BCUT2D eigenvalue weighted by Gasteiger charge is -2.14. The molecule has 5 heteroatoms. The van der Waals surface area contributed by atoms with E-state index in [-0.39, 0.29) is 12.5 Å². The molecule has 1 unspecified atom stereocenters. The molecule has 0 saturated carbocycles. The highest BCUT2D eigenvalue weighted by atomic mass is 16.5. The first kappa shape index (κ1) is 14.3. The van der Waals surface area contributed by atoms with Crippen molar-refractivity contribution in [3.8, 4) is 5.75 Å². The fraction of sp³-hybridized carbons (Fsp3) is 0.462. The standard InChI is InChI=1S/C13H20N2O3/c1-9(15-6-5-13(16)17)7-10-3-4-12(18-2)11(14)8-10/h3-4,8-9,15H,5-7,14H2,1-2H3,(H,16,17). The summed E-state index contributed by atoms with van der Waals surface area (Å²) in [7, 11) is 1.58. The largest absolute Gasteiger partial charge is 0.495 e. The van der Waals surface area contributed by atoms with Crippen molar-refractivity contribution in [2.24, 2.45) is 0 Å². The van der Waals surface area contributed by atoms with Crippen LogP contribution in [0.2, 0.25) is 0 Å². The summed E-state index contributed by atoms with van der Waals surface area (Å²) in [6.45, 7) is 2.49. The highest BCUT2D eigenvalue weighted by Gasteiger charge is 2.06. The molecule has 0 aliphatic heterocycles. The van der Waals surface area contributed by atoms with Crippen LogP contribution in [0.1, 0.15) is 18.9 Å². The summed E-state index contributed by atoms with van der Waals surface area (Å²) in [5.41, 5.74) is 7.54. The molecule has 0 spiro atoms. The number of methoxy groups -OCH3 is 1. The normalized spacial score (nSPS) is 12.1. The highest BCUT2D eigenvalue weighted by molar-refractivity contribution is 5.66. The minimum atomic E-state index is -0.789. The van der Waals surface area contributed by atoms with E-state index >= 15 is 0 Å². The number of carboxylic acid groups (broad SMARTS) is 1. The van der Waals surface area contributed by atoms with Crippen molar-refractivity contribution in [3.05, 3.63) is 23.8 Å². The van der Waals surface area contributed by atoms with Gasteiger partial charge in [-0.1, -0.05) is 6.07 Å². The van der Waals surface area contributed by atoms with Crippen molar-refractivity contribution in [3.63, 3.8) is 0 Å². The summed E-state index contributed by atoms with van der Waals surface area (Å²) in [6.07, 6.45) is 0.933. The zero-order chi connectivity index (χ0) is 13.5. The monoisotopic (exact) mass is 252 g/mol. The number of hydrogen-bond donors (Lipinski definition) is 3. The van der Waals surface area contributed by atoms with Crippen LogP contribution in [-0.2, 0) is 11.2 Å².